The summed E-state index contributed by atoms with van der Waals surface area (Å²) in [6.45, 7) is 2.70. The minimum absolute atomic E-state index is 0.0644. The summed E-state index contributed by atoms with van der Waals surface area (Å²) in [6, 6.07) is 9.77. The van der Waals surface area contributed by atoms with Crippen molar-refractivity contribution in [1.82, 2.24) is 4.98 Å². The van der Waals surface area contributed by atoms with Crippen LogP contribution in [0, 0.1) is 10.1 Å². The highest BCUT2D eigenvalue weighted by atomic mass is 35.5. The van der Waals surface area contributed by atoms with E-state index in [9.17, 15) is 10.1 Å². The molecule has 0 aliphatic carbocycles. The molecule has 0 unspecified atom stereocenters. The van der Waals surface area contributed by atoms with Gasteiger partial charge in [0.25, 0.3) is 5.69 Å². The Morgan fingerprint density at radius 3 is 2.67 bits per heavy atom. The molecular weight excluding hydrogens is 294 g/mol. The van der Waals surface area contributed by atoms with Gasteiger partial charge < -0.3 is 10.1 Å². The number of ether oxygens (including phenoxy) is 1. The van der Waals surface area contributed by atoms with Gasteiger partial charge in [-0.05, 0) is 30.7 Å². The van der Waals surface area contributed by atoms with Crippen LogP contribution in [0.3, 0.4) is 0 Å². The van der Waals surface area contributed by atoms with Crippen LogP contribution in [0.25, 0.3) is 0 Å². The minimum Gasteiger partial charge on any atom is -0.494 e. The Bertz CT molecular complexity index is 632. The Balaban J connectivity index is 2.12. The van der Waals surface area contributed by atoms with Gasteiger partial charge in [-0.1, -0.05) is 18.5 Å². The molecule has 1 N–H and O–H groups in total. The number of nitrogens with zero attached hydrogens (tertiary/aromatic N) is 2. The SMILES string of the molecule is CCCOc1ccc(Nc2cc([N+](=O)[O-])cc(Cl)n2)cc1. The largest absolute Gasteiger partial charge is 0.494 e. The molecule has 0 spiro atoms. The van der Waals surface area contributed by atoms with E-state index in [1.165, 1.54) is 12.1 Å². The molecule has 0 atom stereocenters. The molecule has 1 aromatic heterocycles. The summed E-state index contributed by atoms with van der Waals surface area (Å²) in [6.07, 6.45) is 0.941. The predicted octanol–water partition coefficient (Wildman–Crippen LogP) is 4.18. The van der Waals surface area contributed by atoms with E-state index in [0.717, 1.165) is 17.9 Å². The number of halogens is 1. The molecule has 110 valence electrons. The second-order valence-corrected chi connectivity index (χ2v) is 4.68. The van der Waals surface area contributed by atoms with Crippen LogP contribution in [0.15, 0.2) is 36.4 Å². The molecule has 7 heteroatoms. The van der Waals surface area contributed by atoms with Gasteiger partial charge in [0.05, 0.1) is 23.7 Å². The van der Waals surface area contributed by atoms with E-state index in [-0.39, 0.29) is 10.8 Å². The second kappa shape index (κ2) is 6.90. The van der Waals surface area contributed by atoms with Gasteiger partial charge in [-0.15, -0.1) is 0 Å². The quantitative estimate of drug-likeness (QED) is 0.492. The zero-order valence-electron chi connectivity index (χ0n) is 11.4. The highest BCUT2D eigenvalue weighted by Gasteiger charge is 2.10. The van der Waals surface area contributed by atoms with Gasteiger partial charge in [0, 0.05) is 5.69 Å². The Labute approximate surface area is 126 Å². The molecule has 0 aliphatic heterocycles. The molecule has 6 nitrogen and oxygen atoms in total. The lowest BCUT2D eigenvalue weighted by atomic mass is 10.3. The third-order valence-corrected chi connectivity index (χ3v) is 2.78. The fraction of sp³-hybridized carbons (Fsp3) is 0.214. The lowest BCUT2D eigenvalue weighted by molar-refractivity contribution is -0.384. The first kappa shape index (κ1) is 15.1. The smallest absolute Gasteiger partial charge is 0.276 e. The number of nitrogens with one attached hydrogen (secondary N) is 1. The van der Waals surface area contributed by atoms with E-state index in [0.29, 0.717) is 12.4 Å². The molecule has 0 amide bonds. The van der Waals surface area contributed by atoms with Gasteiger partial charge in [0.15, 0.2) is 0 Å². The van der Waals surface area contributed by atoms with Gasteiger partial charge in [-0.2, -0.15) is 0 Å². The molecule has 0 fully saturated rings. The number of nitro groups is 1. The maximum atomic E-state index is 10.8. The van der Waals surface area contributed by atoms with Crippen LogP contribution < -0.4 is 10.1 Å². The van der Waals surface area contributed by atoms with Gasteiger partial charge in [0.2, 0.25) is 0 Å². The lowest BCUT2D eigenvalue weighted by Gasteiger charge is -2.08. The van der Waals surface area contributed by atoms with E-state index in [1.807, 2.05) is 19.1 Å². The third kappa shape index (κ3) is 4.32. The van der Waals surface area contributed by atoms with Crippen molar-refractivity contribution in [2.45, 2.75) is 13.3 Å². The summed E-state index contributed by atoms with van der Waals surface area (Å²) in [5, 5.41) is 13.8. The summed E-state index contributed by atoms with van der Waals surface area (Å²) in [4.78, 5) is 14.3. The summed E-state index contributed by atoms with van der Waals surface area (Å²) < 4.78 is 5.48. The predicted molar refractivity (Wildman–Crippen MR) is 81.4 cm³/mol. The molecule has 2 aromatic rings. The second-order valence-electron chi connectivity index (χ2n) is 4.29. The van der Waals surface area contributed by atoms with E-state index < -0.39 is 4.92 Å². The fourth-order valence-corrected chi connectivity index (χ4v) is 1.86. The molecule has 0 radical (unpaired) electrons. The number of benzene rings is 1. The lowest BCUT2D eigenvalue weighted by Crippen LogP contribution is -1.97. The first-order chi connectivity index (χ1) is 10.1. The first-order valence-corrected chi connectivity index (χ1v) is 6.78. The maximum absolute atomic E-state index is 10.8. The molecule has 21 heavy (non-hydrogen) atoms. The minimum atomic E-state index is -0.513. The van der Waals surface area contributed by atoms with Crippen LogP contribution in [0.1, 0.15) is 13.3 Å². The molecular formula is C14H14ClN3O3. The average molecular weight is 308 g/mol. The molecule has 0 aliphatic rings. The zero-order chi connectivity index (χ0) is 15.2. The van der Waals surface area contributed by atoms with Crippen LogP contribution >= 0.6 is 11.6 Å². The average Bonchev–Trinajstić information content (AvgIpc) is 2.46. The van der Waals surface area contributed by atoms with Crippen molar-refractivity contribution in [2.75, 3.05) is 11.9 Å². The molecule has 0 saturated carbocycles. The number of hydrogen-bond acceptors (Lipinski definition) is 5. The van der Waals surface area contributed by atoms with Crippen LogP contribution in [0.2, 0.25) is 5.15 Å². The summed E-state index contributed by atoms with van der Waals surface area (Å²) in [5.74, 6) is 1.09. The van der Waals surface area contributed by atoms with E-state index in [4.69, 9.17) is 16.3 Å². The van der Waals surface area contributed by atoms with Crippen molar-refractivity contribution in [3.8, 4) is 5.75 Å². The number of pyridine rings is 1. The van der Waals surface area contributed by atoms with Gasteiger partial charge in [-0.3, -0.25) is 10.1 Å². The Kier molecular flexibility index (Phi) is 4.94. The highest BCUT2D eigenvalue weighted by Crippen LogP contribution is 2.24. The first-order valence-electron chi connectivity index (χ1n) is 6.40. The molecule has 2 rings (SSSR count). The Morgan fingerprint density at radius 1 is 1.33 bits per heavy atom. The standard InChI is InChI=1S/C14H14ClN3O3/c1-2-7-21-12-5-3-10(4-6-12)16-14-9-11(18(19)20)8-13(15)17-14/h3-6,8-9H,2,7H2,1H3,(H,16,17). The van der Waals surface area contributed by atoms with Crippen LogP contribution in [0.5, 0.6) is 5.75 Å². The number of hydrogen-bond donors (Lipinski definition) is 1. The Hall–Kier alpha value is -2.34. The monoisotopic (exact) mass is 307 g/mol. The van der Waals surface area contributed by atoms with Crippen molar-refractivity contribution in [3.63, 3.8) is 0 Å². The van der Waals surface area contributed by atoms with Gasteiger partial charge in [-0.25, -0.2) is 4.98 Å². The van der Waals surface area contributed by atoms with E-state index in [1.54, 1.807) is 12.1 Å². The van der Waals surface area contributed by atoms with Crippen molar-refractivity contribution in [2.24, 2.45) is 0 Å². The fourth-order valence-electron chi connectivity index (χ4n) is 1.66. The number of rotatable bonds is 6. The zero-order valence-corrected chi connectivity index (χ0v) is 12.1. The van der Waals surface area contributed by atoms with Gasteiger partial charge in [0.1, 0.15) is 16.7 Å². The van der Waals surface area contributed by atoms with Gasteiger partial charge >= 0.3 is 0 Å². The summed E-state index contributed by atoms with van der Waals surface area (Å²) >= 11 is 5.77. The molecule has 1 aromatic carbocycles. The Morgan fingerprint density at radius 2 is 2.05 bits per heavy atom. The maximum Gasteiger partial charge on any atom is 0.276 e. The number of anilines is 2. The molecule has 1 heterocycles. The van der Waals surface area contributed by atoms with Crippen molar-refractivity contribution >= 4 is 28.8 Å². The van der Waals surface area contributed by atoms with Crippen molar-refractivity contribution in [1.29, 1.82) is 0 Å². The molecule has 0 saturated heterocycles. The molecule has 0 bridgehead atoms. The summed E-state index contributed by atoms with van der Waals surface area (Å²) in [7, 11) is 0. The van der Waals surface area contributed by atoms with E-state index in [2.05, 4.69) is 10.3 Å². The van der Waals surface area contributed by atoms with Crippen molar-refractivity contribution in [3.05, 3.63) is 51.7 Å². The van der Waals surface area contributed by atoms with E-state index >= 15 is 0 Å². The van der Waals surface area contributed by atoms with Crippen LogP contribution in [0.4, 0.5) is 17.2 Å². The topological polar surface area (TPSA) is 77.3 Å². The third-order valence-electron chi connectivity index (χ3n) is 2.59. The van der Waals surface area contributed by atoms with Crippen LogP contribution in [-0.2, 0) is 0 Å². The highest BCUT2D eigenvalue weighted by molar-refractivity contribution is 6.29. The summed E-state index contributed by atoms with van der Waals surface area (Å²) in [5.41, 5.74) is 0.628. The van der Waals surface area contributed by atoms with Crippen molar-refractivity contribution < 1.29 is 9.66 Å². The normalized spacial score (nSPS) is 10.2. The van der Waals surface area contributed by atoms with Crippen LogP contribution in [-0.4, -0.2) is 16.5 Å². The number of aromatic nitrogens is 1.